The van der Waals surface area contributed by atoms with Crippen LogP contribution < -0.4 is 23.1 Å². The molecule has 0 unspecified atom stereocenters. The molecule has 2 nitrogen and oxygen atoms in total. The number of aliphatic hydroxyl groups is 1. The summed E-state index contributed by atoms with van der Waals surface area (Å²) in [6.45, 7) is 0. The lowest BCUT2D eigenvalue weighted by atomic mass is 11.8. The summed E-state index contributed by atoms with van der Waals surface area (Å²) in [5, 5.41) is 7.00. The van der Waals surface area contributed by atoms with Crippen LogP contribution in [0, 0.1) is 0 Å². The predicted octanol–water partition coefficient (Wildman–Crippen LogP) is -3.01. The highest BCUT2D eigenvalue weighted by Crippen LogP contribution is 0.755. The van der Waals surface area contributed by atoms with Crippen LogP contribution in [-0.4, -0.2) is 12.2 Å². The Morgan fingerprint density at radius 2 is 1.25 bits per heavy atom. The van der Waals surface area contributed by atoms with Crippen molar-refractivity contribution in [1.82, 2.24) is 6.15 Å². The van der Waals surface area contributed by atoms with Crippen molar-refractivity contribution in [2.45, 2.75) is 0 Å². The van der Waals surface area contributed by atoms with E-state index < -0.39 is 0 Å². The lowest BCUT2D eigenvalue weighted by Gasteiger charge is -1.21. The van der Waals surface area contributed by atoms with E-state index in [1.165, 1.54) is 0 Å². The van der Waals surface area contributed by atoms with E-state index in [0.29, 0.717) is 0 Å². The van der Waals surface area contributed by atoms with Gasteiger partial charge in [0.05, 0.1) is 0 Å². The molecule has 0 amide bonds. The van der Waals surface area contributed by atoms with Gasteiger partial charge in [-0.05, 0) is 0 Å². The summed E-state index contributed by atoms with van der Waals surface area (Å²) < 4.78 is 0. The molecule has 30 valence electrons. The monoisotopic (exact) mass is 129 g/mol. The van der Waals surface area contributed by atoms with Crippen molar-refractivity contribution in [1.29, 1.82) is 0 Å². The molecule has 0 aliphatic heterocycles. The number of halogens is 1. The lowest BCUT2D eigenvalue weighted by Crippen LogP contribution is -3.00. The largest absolute Gasteiger partial charge is 1.00 e. The Bertz CT molecular complexity index is 8.00. The van der Waals surface area contributed by atoms with Gasteiger partial charge in [-0.25, -0.2) is 0 Å². The standard InChI is InChI=1S/CH4O.BrH.H3N/c1-2;;/h2H,1H3;1H;1H3. The maximum Gasteiger partial charge on any atom is 0.0319 e. The maximum absolute atomic E-state index is 7.00. The van der Waals surface area contributed by atoms with Crippen LogP contribution in [0.2, 0.25) is 0 Å². The zero-order valence-corrected chi connectivity index (χ0v) is 4.41. The first-order valence-electron chi connectivity index (χ1n) is 0.447. The first-order chi connectivity index (χ1) is 1.00. The van der Waals surface area contributed by atoms with Crippen molar-refractivity contribution in [2.75, 3.05) is 7.11 Å². The van der Waals surface area contributed by atoms with Crippen LogP contribution in [0.15, 0.2) is 0 Å². The SMILES string of the molecule is CO.[Br-].[NH4+]. The van der Waals surface area contributed by atoms with Crippen LogP contribution >= 0.6 is 0 Å². The van der Waals surface area contributed by atoms with Gasteiger partial charge in [-0.1, -0.05) is 0 Å². The molecule has 0 bridgehead atoms. The maximum atomic E-state index is 7.00. The molecule has 0 aliphatic rings. The minimum Gasteiger partial charge on any atom is -1.00 e. The molecule has 0 spiro atoms. The second kappa shape index (κ2) is 122. The van der Waals surface area contributed by atoms with E-state index in [4.69, 9.17) is 5.11 Å². The quantitative estimate of drug-likeness (QED) is 0.360. The van der Waals surface area contributed by atoms with E-state index >= 15 is 0 Å². The molecule has 3 heteroatoms. The average Bonchev–Trinajstić information content (AvgIpc) is 1.00. The van der Waals surface area contributed by atoms with Gasteiger partial charge in [0.25, 0.3) is 0 Å². The Morgan fingerprint density at radius 1 is 1.25 bits per heavy atom. The third-order valence-electron chi connectivity index (χ3n) is 0. The Hall–Kier alpha value is 0.400. The van der Waals surface area contributed by atoms with Crippen LogP contribution in [0.25, 0.3) is 0 Å². The van der Waals surface area contributed by atoms with Crippen molar-refractivity contribution < 1.29 is 22.1 Å². The van der Waals surface area contributed by atoms with Crippen molar-refractivity contribution in [3.05, 3.63) is 0 Å². The summed E-state index contributed by atoms with van der Waals surface area (Å²) in [6, 6.07) is 0. The summed E-state index contributed by atoms with van der Waals surface area (Å²) in [7, 11) is 1.00. The van der Waals surface area contributed by atoms with Crippen LogP contribution in [0.3, 0.4) is 0 Å². The molecule has 0 aromatic rings. The van der Waals surface area contributed by atoms with Gasteiger partial charge >= 0.3 is 0 Å². The topological polar surface area (TPSA) is 56.7 Å². The zero-order chi connectivity index (χ0) is 2.00. The van der Waals surface area contributed by atoms with E-state index in [1.54, 1.807) is 0 Å². The first kappa shape index (κ1) is 26.0. The second-order valence-electron chi connectivity index (χ2n) is 0. The average molecular weight is 130 g/mol. The Morgan fingerprint density at radius 3 is 1.25 bits per heavy atom. The fourth-order valence-corrected chi connectivity index (χ4v) is 0. The molecular formula is CH8BrNO. The molecular weight excluding hydrogens is 122 g/mol. The molecule has 0 atom stereocenters. The molecule has 0 radical (unpaired) electrons. The summed E-state index contributed by atoms with van der Waals surface area (Å²) in [5.41, 5.74) is 0. The van der Waals surface area contributed by atoms with E-state index in [1.807, 2.05) is 0 Å². The number of quaternary nitrogens is 1. The van der Waals surface area contributed by atoms with Crippen LogP contribution in [0.5, 0.6) is 0 Å². The third-order valence-corrected chi connectivity index (χ3v) is 0. The first-order valence-corrected chi connectivity index (χ1v) is 0.447. The van der Waals surface area contributed by atoms with E-state index in [9.17, 15) is 0 Å². The summed E-state index contributed by atoms with van der Waals surface area (Å²) >= 11 is 0. The highest BCUT2D eigenvalue weighted by Gasteiger charge is 0.839. The van der Waals surface area contributed by atoms with Gasteiger partial charge in [0.2, 0.25) is 0 Å². The number of rotatable bonds is 0. The van der Waals surface area contributed by atoms with Crippen molar-refractivity contribution in [3.8, 4) is 0 Å². The minimum atomic E-state index is 0. The molecule has 0 fully saturated rings. The third kappa shape index (κ3) is 29.4. The van der Waals surface area contributed by atoms with Crippen molar-refractivity contribution in [3.63, 3.8) is 0 Å². The molecule has 5 N–H and O–H groups in total. The molecule has 0 aromatic heterocycles. The Kier molecular flexibility index (Phi) is 794. The van der Waals surface area contributed by atoms with Gasteiger partial charge in [-0.3, -0.25) is 0 Å². The van der Waals surface area contributed by atoms with Gasteiger partial charge < -0.3 is 28.2 Å². The lowest BCUT2D eigenvalue weighted by molar-refractivity contribution is -0.00000171. The normalized spacial score (nSPS) is 1.50. The fourth-order valence-electron chi connectivity index (χ4n) is 0. The number of aliphatic hydroxyl groups excluding tert-OH is 1. The second-order valence-corrected chi connectivity index (χ2v) is 0. The van der Waals surface area contributed by atoms with Crippen LogP contribution in [-0.2, 0) is 0 Å². The van der Waals surface area contributed by atoms with Gasteiger partial charge in [0.15, 0.2) is 0 Å². The Labute approximate surface area is 36.2 Å². The van der Waals surface area contributed by atoms with Crippen LogP contribution in [0.1, 0.15) is 0 Å². The fraction of sp³-hybridized carbons (Fsp3) is 1.00. The van der Waals surface area contributed by atoms with Gasteiger partial charge in [-0.2, -0.15) is 0 Å². The summed E-state index contributed by atoms with van der Waals surface area (Å²) in [5.74, 6) is 0. The highest BCUT2D eigenvalue weighted by atomic mass is 79.9. The van der Waals surface area contributed by atoms with Crippen molar-refractivity contribution >= 4 is 0 Å². The predicted molar refractivity (Wildman–Crippen MR) is 14.1 cm³/mol. The van der Waals surface area contributed by atoms with E-state index in [2.05, 4.69) is 0 Å². The molecule has 0 heterocycles. The Balaban J connectivity index is -0.00000000500. The van der Waals surface area contributed by atoms with Gasteiger partial charge in [0.1, 0.15) is 0 Å². The van der Waals surface area contributed by atoms with E-state index in [-0.39, 0.29) is 23.1 Å². The van der Waals surface area contributed by atoms with Gasteiger partial charge in [0, 0.05) is 7.11 Å². The summed E-state index contributed by atoms with van der Waals surface area (Å²) in [6.07, 6.45) is 0. The molecule has 0 aliphatic carbocycles. The molecule has 0 rings (SSSR count). The number of hydrogen-bond donors (Lipinski definition) is 2. The molecule has 0 saturated carbocycles. The zero-order valence-electron chi connectivity index (χ0n) is 2.83. The number of hydrogen-bond acceptors (Lipinski definition) is 1. The van der Waals surface area contributed by atoms with Crippen molar-refractivity contribution in [2.24, 2.45) is 0 Å². The minimum absolute atomic E-state index is 0. The van der Waals surface area contributed by atoms with Crippen LogP contribution in [0.4, 0.5) is 0 Å². The molecule has 0 saturated heterocycles. The highest BCUT2D eigenvalue weighted by molar-refractivity contribution is 3.18. The van der Waals surface area contributed by atoms with Gasteiger partial charge in [-0.15, -0.1) is 0 Å². The smallest absolute Gasteiger partial charge is 0.0319 e. The molecule has 0 aromatic carbocycles. The van der Waals surface area contributed by atoms with E-state index in [0.717, 1.165) is 7.11 Å². The summed E-state index contributed by atoms with van der Waals surface area (Å²) in [4.78, 5) is 0. The molecule has 4 heavy (non-hydrogen) atoms.